The number of hydrogen-bond donors (Lipinski definition) is 1. The number of hydrogen-bond acceptors (Lipinski definition) is 3. The topological polar surface area (TPSA) is 54.6 Å². The Labute approximate surface area is 134 Å². The van der Waals surface area contributed by atoms with E-state index < -0.39 is 0 Å². The van der Waals surface area contributed by atoms with Crippen LogP contribution in [0.4, 0.5) is 0 Å². The fourth-order valence-corrected chi connectivity index (χ4v) is 2.56. The molecule has 116 valence electrons. The summed E-state index contributed by atoms with van der Waals surface area (Å²) in [6.45, 7) is 3.93. The summed E-state index contributed by atoms with van der Waals surface area (Å²) >= 11 is 0. The molecule has 0 saturated heterocycles. The van der Waals surface area contributed by atoms with E-state index >= 15 is 0 Å². The molecular formula is C19H18N2O2. The van der Waals surface area contributed by atoms with Crippen LogP contribution in [0.3, 0.4) is 0 Å². The maximum atomic E-state index is 12.2. The smallest absolute Gasteiger partial charge is 0.271 e. The van der Waals surface area contributed by atoms with Crippen LogP contribution in [0.15, 0.2) is 58.0 Å². The van der Waals surface area contributed by atoms with Gasteiger partial charge in [0, 0.05) is 22.9 Å². The molecule has 0 aliphatic carbocycles. The summed E-state index contributed by atoms with van der Waals surface area (Å²) in [6, 6.07) is 15.2. The third kappa shape index (κ3) is 3.01. The number of fused-ring (bicyclic) bond motifs is 1. The molecule has 1 N–H and O–H groups in total. The van der Waals surface area contributed by atoms with Crippen molar-refractivity contribution in [2.24, 2.45) is 5.10 Å². The molecule has 23 heavy (non-hydrogen) atoms. The van der Waals surface area contributed by atoms with Crippen LogP contribution in [0.2, 0.25) is 0 Å². The maximum absolute atomic E-state index is 12.2. The van der Waals surface area contributed by atoms with Crippen molar-refractivity contribution in [1.82, 2.24) is 5.43 Å². The zero-order chi connectivity index (χ0) is 16.2. The molecule has 0 fully saturated rings. The molecule has 3 rings (SSSR count). The lowest BCUT2D eigenvalue weighted by molar-refractivity contribution is 0.0954. The van der Waals surface area contributed by atoms with E-state index in [1.165, 1.54) is 0 Å². The van der Waals surface area contributed by atoms with E-state index in [1.807, 2.05) is 56.3 Å². The molecule has 0 aliphatic heterocycles. The highest BCUT2D eigenvalue weighted by atomic mass is 16.3. The lowest BCUT2D eigenvalue weighted by Crippen LogP contribution is -2.18. The molecule has 0 aliphatic rings. The summed E-state index contributed by atoms with van der Waals surface area (Å²) in [5.41, 5.74) is 5.87. The number of carbonyl (C=O) groups excluding carboxylic acids is 1. The van der Waals surface area contributed by atoms with Gasteiger partial charge in [0.05, 0.1) is 6.21 Å². The largest absolute Gasteiger partial charge is 0.460 e. The van der Waals surface area contributed by atoms with Crippen molar-refractivity contribution in [3.8, 4) is 0 Å². The quantitative estimate of drug-likeness (QED) is 0.583. The van der Waals surface area contributed by atoms with Gasteiger partial charge in [-0.25, -0.2) is 5.43 Å². The number of nitrogens with one attached hydrogen (secondary N) is 1. The number of rotatable bonds is 4. The van der Waals surface area contributed by atoms with E-state index in [-0.39, 0.29) is 5.91 Å². The Morgan fingerprint density at radius 2 is 1.91 bits per heavy atom. The summed E-state index contributed by atoms with van der Waals surface area (Å²) in [5, 5.41) is 5.10. The molecule has 0 unspecified atom stereocenters. The highest BCUT2D eigenvalue weighted by molar-refractivity contribution is 6.00. The van der Waals surface area contributed by atoms with E-state index in [2.05, 4.69) is 10.5 Å². The highest BCUT2D eigenvalue weighted by Crippen LogP contribution is 2.24. The number of nitrogens with zero attached hydrogens (tertiary/aromatic N) is 1. The Morgan fingerprint density at radius 3 is 2.70 bits per heavy atom. The number of aryl methyl sites for hydroxylation is 2. The van der Waals surface area contributed by atoms with Crippen LogP contribution < -0.4 is 5.43 Å². The van der Waals surface area contributed by atoms with Crippen LogP contribution in [-0.2, 0) is 6.42 Å². The maximum Gasteiger partial charge on any atom is 0.271 e. The molecule has 2 aromatic carbocycles. The van der Waals surface area contributed by atoms with Gasteiger partial charge in [0.1, 0.15) is 11.3 Å². The number of para-hydroxylation sites is 1. The Hall–Kier alpha value is -2.88. The molecule has 0 atom stereocenters. The number of hydrazone groups is 1. The molecule has 4 heteroatoms. The lowest BCUT2D eigenvalue weighted by Gasteiger charge is -2.03. The monoisotopic (exact) mass is 306 g/mol. The molecule has 1 heterocycles. The van der Waals surface area contributed by atoms with E-state index in [9.17, 15) is 4.79 Å². The summed E-state index contributed by atoms with van der Waals surface area (Å²) < 4.78 is 5.81. The molecule has 1 aromatic heterocycles. The summed E-state index contributed by atoms with van der Waals surface area (Å²) in [4.78, 5) is 12.2. The molecular weight excluding hydrogens is 288 g/mol. The predicted octanol–water partition coefficient (Wildman–Crippen LogP) is 4.07. The average molecular weight is 306 g/mol. The minimum atomic E-state index is -0.217. The fraction of sp³-hybridized carbons (Fsp3) is 0.158. The molecule has 0 radical (unpaired) electrons. The number of benzene rings is 2. The van der Waals surface area contributed by atoms with E-state index in [4.69, 9.17) is 4.42 Å². The Morgan fingerprint density at radius 1 is 1.17 bits per heavy atom. The summed E-state index contributed by atoms with van der Waals surface area (Å²) in [7, 11) is 0. The normalized spacial score (nSPS) is 11.2. The number of furan rings is 1. The zero-order valence-corrected chi connectivity index (χ0v) is 13.2. The van der Waals surface area contributed by atoms with Crippen LogP contribution >= 0.6 is 0 Å². The van der Waals surface area contributed by atoms with Crippen molar-refractivity contribution in [3.05, 3.63) is 71.0 Å². The van der Waals surface area contributed by atoms with Gasteiger partial charge in [0.25, 0.3) is 5.91 Å². The van der Waals surface area contributed by atoms with Gasteiger partial charge in [0.2, 0.25) is 0 Å². The molecule has 4 nitrogen and oxygen atoms in total. The molecule has 0 saturated carbocycles. The first kappa shape index (κ1) is 15.0. The Kier molecular flexibility index (Phi) is 4.24. The van der Waals surface area contributed by atoms with Crippen molar-refractivity contribution >= 4 is 23.1 Å². The molecule has 0 bridgehead atoms. The van der Waals surface area contributed by atoms with Crippen molar-refractivity contribution in [2.45, 2.75) is 20.3 Å². The minimum absolute atomic E-state index is 0.217. The fourth-order valence-electron chi connectivity index (χ4n) is 2.56. The number of carbonyl (C=O) groups is 1. The van der Waals surface area contributed by atoms with Crippen molar-refractivity contribution in [1.29, 1.82) is 0 Å². The third-order valence-corrected chi connectivity index (χ3v) is 3.78. The van der Waals surface area contributed by atoms with Crippen LogP contribution in [0, 0.1) is 6.92 Å². The minimum Gasteiger partial charge on any atom is -0.460 e. The average Bonchev–Trinajstić information content (AvgIpc) is 2.93. The molecule has 0 spiro atoms. The zero-order valence-electron chi connectivity index (χ0n) is 13.2. The molecule has 3 aromatic rings. The second-order valence-electron chi connectivity index (χ2n) is 5.30. The molecule has 1 amide bonds. The van der Waals surface area contributed by atoms with E-state index in [0.717, 1.165) is 34.3 Å². The number of amides is 1. The van der Waals surface area contributed by atoms with Crippen LogP contribution in [0.5, 0.6) is 0 Å². The van der Waals surface area contributed by atoms with Crippen molar-refractivity contribution in [3.63, 3.8) is 0 Å². The highest BCUT2D eigenvalue weighted by Gasteiger charge is 2.11. The van der Waals surface area contributed by atoms with E-state index in [0.29, 0.717) is 5.56 Å². The van der Waals surface area contributed by atoms with Gasteiger partial charge >= 0.3 is 0 Å². The standard InChI is InChI=1S/C19H18N2O2/c1-3-17-16(15-10-6-7-11-18(15)23-17)12-20-21-19(22)14-9-5-4-8-13(14)2/h4-12H,3H2,1-2H3,(H,21,22)/b20-12-. The lowest BCUT2D eigenvalue weighted by atomic mass is 10.1. The van der Waals surface area contributed by atoms with E-state index in [1.54, 1.807) is 12.3 Å². The first-order chi connectivity index (χ1) is 11.2. The third-order valence-electron chi connectivity index (χ3n) is 3.78. The van der Waals surface area contributed by atoms with Crippen LogP contribution in [0.25, 0.3) is 11.0 Å². The van der Waals surface area contributed by atoms with Gasteiger partial charge in [-0.2, -0.15) is 5.10 Å². The second kappa shape index (κ2) is 6.48. The summed E-state index contributed by atoms with van der Waals surface area (Å²) in [6.07, 6.45) is 2.42. The van der Waals surface area contributed by atoms with Gasteiger partial charge in [-0.3, -0.25) is 4.79 Å². The Balaban J connectivity index is 1.84. The van der Waals surface area contributed by atoms with Gasteiger partial charge in [-0.1, -0.05) is 43.3 Å². The predicted molar refractivity (Wildman–Crippen MR) is 91.8 cm³/mol. The second-order valence-corrected chi connectivity index (χ2v) is 5.30. The van der Waals surface area contributed by atoms with Crippen LogP contribution in [0.1, 0.15) is 34.2 Å². The first-order valence-corrected chi connectivity index (χ1v) is 7.60. The van der Waals surface area contributed by atoms with Gasteiger partial charge < -0.3 is 4.42 Å². The van der Waals surface area contributed by atoms with Crippen molar-refractivity contribution < 1.29 is 9.21 Å². The van der Waals surface area contributed by atoms with Crippen molar-refractivity contribution in [2.75, 3.05) is 0 Å². The van der Waals surface area contributed by atoms with Gasteiger partial charge in [-0.15, -0.1) is 0 Å². The van der Waals surface area contributed by atoms with Gasteiger partial charge in [0.15, 0.2) is 0 Å². The van der Waals surface area contributed by atoms with Gasteiger partial charge in [-0.05, 0) is 24.6 Å². The SMILES string of the molecule is CCc1oc2ccccc2c1/C=N\NC(=O)c1ccccc1C. The first-order valence-electron chi connectivity index (χ1n) is 7.60. The Bertz CT molecular complexity index is 878. The van der Waals surface area contributed by atoms with Crippen LogP contribution in [-0.4, -0.2) is 12.1 Å². The summed E-state index contributed by atoms with van der Waals surface area (Å²) in [5.74, 6) is 0.644.